The number of amides is 1. The summed E-state index contributed by atoms with van der Waals surface area (Å²) >= 11 is 6.17. The third-order valence-corrected chi connectivity index (χ3v) is 5.43. The minimum Gasteiger partial charge on any atom is -0.463 e. The molecule has 0 N–H and O–H groups in total. The van der Waals surface area contributed by atoms with Crippen molar-refractivity contribution in [1.82, 2.24) is 24.6 Å². The molecule has 4 aromatic rings. The van der Waals surface area contributed by atoms with Crippen LogP contribution in [0.1, 0.15) is 10.5 Å². The third-order valence-electron chi connectivity index (χ3n) is 5.20. The van der Waals surface area contributed by atoms with Crippen molar-refractivity contribution in [3.8, 4) is 17.1 Å². The number of carbonyl (C=O) groups excluding carboxylic acids is 1. The standard InChI is InChI=1S/C22H19ClN6O2/c23-16-3-1-4-17(13-16)29-19(20-5-2-12-31-20)14-18(26-29)22(30)28-10-8-27(9-11-28)21-15-24-6-7-25-21/h1-7,12-15H,8-11H2. The quantitative estimate of drug-likeness (QED) is 0.488. The van der Waals surface area contributed by atoms with Gasteiger partial charge in [-0.05, 0) is 30.3 Å². The summed E-state index contributed by atoms with van der Waals surface area (Å²) in [6.45, 7) is 2.53. The Labute approximate surface area is 183 Å². The highest BCUT2D eigenvalue weighted by Crippen LogP contribution is 2.26. The molecular formula is C22H19ClN6O2. The SMILES string of the molecule is O=C(c1cc(-c2ccco2)n(-c2cccc(Cl)c2)n1)N1CCN(c2cnccn2)CC1. The van der Waals surface area contributed by atoms with Gasteiger partial charge < -0.3 is 14.2 Å². The van der Waals surface area contributed by atoms with Crippen LogP contribution >= 0.6 is 11.6 Å². The summed E-state index contributed by atoms with van der Waals surface area (Å²) in [6, 6.07) is 12.7. The Morgan fingerprint density at radius 2 is 1.90 bits per heavy atom. The zero-order chi connectivity index (χ0) is 21.2. The van der Waals surface area contributed by atoms with Crippen LogP contribution in [0.2, 0.25) is 5.02 Å². The maximum atomic E-state index is 13.2. The topological polar surface area (TPSA) is 80.3 Å². The zero-order valence-electron chi connectivity index (χ0n) is 16.6. The maximum absolute atomic E-state index is 13.2. The minimum absolute atomic E-state index is 0.118. The Morgan fingerprint density at radius 3 is 2.61 bits per heavy atom. The lowest BCUT2D eigenvalue weighted by Gasteiger charge is -2.34. The van der Waals surface area contributed by atoms with Crippen molar-refractivity contribution < 1.29 is 9.21 Å². The fraction of sp³-hybridized carbons (Fsp3) is 0.182. The number of nitrogens with zero attached hydrogens (tertiary/aromatic N) is 6. The first-order valence-electron chi connectivity index (χ1n) is 9.89. The van der Waals surface area contributed by atoms with E-state index in [2.05, 4.69) is 20.0 Å². The number of carbonyl (C=O) groups is 1. The maximum Gasteiger partial charge on any atom is 0.274 e. The predicted octanol–water partition coefficient (Wildman–Crippen LogP) is 3.54. The van der Waals surface area contributed by atoms with Gasteiger partial charge in [-0.2, -0.15) is 5.10 Å². The smallest absolute Gasteiger partial charge is 0.274 e. The van der Waals surface area contributed by atoms with Crippen LogP contribution in [0.4, 0.5) is 5.82 Å². The monoisotopic (exact) mass is 434 g/mol. The highest BCUT2D eigenvalue weighted by molar-refractivity contribution is 6.30. The number of halogens is 1. The molecule has 0 aliphatic carbocycles. The lowest BCUT2D eigenvalue weighted by molar-refractivity contribution is 0.0740. The molecule has 0 spiro atoms. The molecule has 3 aromatic heterocycles. The molecule has 0 atom stereocenters. The average Bonchev–Trinajstić information content (AvgIpc) is 3.49. The van der Waals surface area contributed by atoms with Crippen LogP contribution in [-0.2, 0) is 0 Å². The van der Waals surface area contributed by atoms with Gasteiger partial charge in [-0.1, -0.05) is 17.7 Å². The Kier molecular flexibility index (Phi) is 5.13. The van der Waals surface area contributed by atoms with Crippen molar-refractivity contribution in [2.75, 3.05) is 31.1 Å². The van der Waals surface area contributed by atoms with Crippen LogP contribution in [0.15, 0.2) is 71.7 Å². The number of furan rings is 1. The molecule has 0 saturated carbocycles. The number of anilines is 1. The first-order valence-corrected chi connectivity index (χ1v) is 10.3. The first-order chi connectivity index (χ1) is 15.2. The van der Waals surface area contributed by atoms with Gasteiger partial charge in [0.1, 0.15) is 11.5 Å². The normalized spacial score (nSPS) is 14.1. The molecule has 8 nitrogen and oxygen atoms in total. The van der Waals surface area contributed by atoms with Gasteiger partial charge in [0.2, 0.25) is 0 Å². The van der Waals surface area contributed by atoms with Crippen LogP contribution < -0.4 is 4.90 Å². The molecule has 1 aliphatic rings. The van der Waals surface area contributed by atoms with E-state index in [4.69, 9.17) is 16.0 Å². The van der Waals surface area contributed by atoms with E-state index in [-0.39, 0.29) is 5.91 Å². The summed E-state index contributed by atoms with van der Waals surface area (Å²) in [4.78, 5) is 25.6. The van der Waals surface area contributed by atoms with Crippen LogP contribution in [0.25, 0.3) is 17.1 Å². The molecule has 1 aromatic carbocycles. The number of rotatable bonds is 4. The Bertz CT molecular complexity index is 1180. The summed E-state index contributed by atoms with van der Waals surface area (Å²) in [5.74, 6) is 1.33. The Morgan fingerprint density at radius 1 is 1.03 bits per heavy atom. The minimum atomic E-state index is -0.118. The second-order valence-corrected chi connectivity index (χ2v) is 7.56. The third kappa shape index (κ3) is 3.89. The Balaban J connectivity index is 1.40. The molecule has 9 heteroatoms. The van der Waals surface area contributed by atoms with Gasteiger partial charge in [-0.15, -0.1) is 0 Å². The van der Waals surface area contributed by atoms with Gasteiger partial charge in [-0.3, -0.25) is 9.78 Å². The van der Waals surface area contributed by atoms with Gasteiger partial charge in [0.15, 0.2) is 11.5 Å². The van der Waals surface area contributed by atoms with Gasteiger partial charge in [0, 0.05) is 49.7 Å². The largest absolute Gasteiger partial charge is 0.463 e. The van der Waals surface area contributed by atoms with Gasteiger partial charge >= 0.3 is 0 Å². The van der Waals surface area contributed by atoms with Gasteiger partial charge in [-0.25, -0.2) is 9.67 Å². The van der Waals surface area contributed by atoms with Crippen molar-refractivity contribution in [3.05, 3.63) is 78.0 Å². The molecule has 0 unspecified atom stereocenters. The highest BCUT2D eigenvalue weighted by Gasteiger charge is 2.26. The van der Waals surface area contributed by atoms with Crippen molar-refractivity contribution in [3.63, 3.8) is 0 Å². The zero-order valence-corrected chi connectivity index (χ0v) is 17.3. The van der Waals surface area contributed by atoms with E-state index in [0.717, 1.165) is 11.5 Å². The summed E-state index contributed by atoms with van der Waals surface area (Å²) in [5.41, 5.74) is 1.80. The van der Waals surface area contributed by atoms with E-state index in [1.165, 1.54) is 0 Å². The number of hydrogen-bond donors (Lipinski definition) is 0. The molecular weight excluding hydrogens is 416 g/mol. The van der Waals surface area contributed by atoms with Crippen LogP contribution in [0.3, 0.4) is 0 Å². The summed E-state index contributed by atoms with van der Waals surface area (Å²) in [6.07, 6.45) is 6.65. The number of piperazine rings is 1. The van der Waals surface area contributed by atoms with Crippen molar-refractivity contribution in [1.29, 1.82) is 0 Å². The van der Waals surface area contributed by atoms with E-state index < -0.39 is 0 Å². The molecule has 1 aliphatic heterocycles. The molecule has 1 amide bonds. The number of aromatic nitrogens is 4. The summed E-state index contributed by atoms with van der Waals surface area (Å²) in [5, 5.41) is 5.19. The molecule has 1 saturated heterocycles. The highest BCUT2D eigenvalue weighted by atomic mass is 35.5. The van der Waals surface area contributed by atoms with Crippen LogP contribution in [0.5, 0.6) is 0 Å². The lowest BCUT2D eigenvalue weighted by atomic mass is 10.2. The van der Waals surface area contributed by atoms with Crippen molar-refractivity contribution in [2.24, 2.45) is 0 Å². The van der Waals surface area contributed by atoms with Crippen LogP contribution in [-0.4, -0.2) is 56.7 Å². The number of benzene rings is 1. The fourth-order valence-electron chi connectivity index (χ4n) is 3.65. The van der Waals surface area contributed by atoms with E-state index >= 15 is 0 Å². The fourth-order valence-corrected chi connectivity index (χ4v) is 3.83. The predicted molar refractivity (Wildman–Crippen MR) is 116 cm³/mol. The molecule has 0 radical (unpaired) electrons. The second-order valence-electron chi connectivity index (χ2n) is 7.13. The van der Waals surface area contributed by atoms with Gasteiger partial charge in [0.25, 0.3) is 5.91 Å². The van der Waals surface area contributed by atoms with Crippen molar-refractivity contribution >= 4 is 23.3 Å². The average molecular weight is 435 g/mol. The molecule has 4 heterocycles. The molecule has 156 valence electrons. The van der Waals surface area contributed by atoms with E-state index in [1.54, 1.807) is 53.8 Å². The summed E-state index contributed by atoms with van der Waals surface area (Å²) in [7, 11) is 0. The lowest BCUT2D eigenvalue weighted by Crippen LogP contribution is -2.49. The molecule has 5 rings (SSSR count). The molecule has 0 bridgehead atoms. The van der Waals surface area contributed by atoms with E-state index in [0.29, 0.717) is 48.3 Å². The molecule has 31 heavy (non-hydrogen) atoms. The number of hydrogen-bond acceptors (Lipinski definition) is 6. The van der Waals surface area contributed by atoms with Crippen LogP contribution in [0, 0.1) is 0 Å². The second kappa shape index (κ2) is 8.23. The summed E-state index contributed by atoms with van der Waals surface area (Å²) < 4.78 is 7.26. The van der Waals surface area contributed by atoms with E-state index in [9.17, 15) is 4.79 Å². The Hall–Kier alpha value is -3.65. The first kappa shape index (κ1) is 19.3. The van der Waals surface area contributed by atoms with E-state index in [1.807, 2.05) is 23.1 Å². The van der Waals surface area contributed by atoms with Gasteiger partial charge in [0.05, 0.1) is 18.1 Å². The molecule has 1 fully saturated rings. The van der Waals surface area contributed by atoms with Crippen molar-refractivity contribution in [2.45, 2.75) is 0 Å².